The Labute approximate surface area is 89.4 Å². The average Bonchev–Trinajstić information content (AvgIpc) is 2.71. The molecule has 2 N–H and O–H groups in total. The Morgan fingerprint density at radius 1 is 1.47 bits per heavy atom. The zero-order valence-electron chi connectivity index (χ0n) is 8.79. The molecule has 0 spiro atoms. The summed E-state index contributed by atoms with van der Waals surface area (Å²) in [7, 11) is 0. The van der Waals surface area contributed by atoms with Crippen LogP contribution in [0.15, 0.2) is 24.3 Å². The highest BCUT2D eigenvalue weighted by Crippen LogP contribution is 2.09. The van der Waals surface area contributed by atoms with Crippen LogP contribution in [-0.4, -0.2) is 19.3 Å². The number of benzene rings is 1. The monoisotopic (exact) mass is 210 g/mol. The topological polar surface area (TPSA) is 25.8 Å². The normalized spacial score (nSPS) is 20.7. The first kappa shape index (κ1) is 10.6. The molecule has 3 heteroatoms. The Bertz CT molecular complexity index is 310. The van der Waals surface area contributed by atoms with E-state index in [0.29, 0.717) is 6.10 Å². The van der Waals surface area contributed by atoms with E-state index in [-0.39, 0.29) is 5.82 Å². The van der Waals surface area contributed by atoms with Crippen molar-refractivity contribution in [1.82, 2.24) is 0 Å². The number of hydrogen-bond acceptors (Lipinski definition) is 1. The van der Waals surface area contributed by atoms with Crippen molar-refractivity contribution >= 4 is 0 Å². The van der Waals surface area contributed by atoms with E-state index in [2.05, 4.69) is 5.32 Å². The Morgan fingerprint density at radius 3 is 3.13 bits per heavy atom. The minimum atomic E-state index is -0.155. The van der Waals surface area contributed by atoms with E-state index in [4.69, 9.17) is 4.74 Å². The van der Waals surface area contributed by atoms with Crippen LogP contribution in [0.3, 0.4) is 0 Å². The van der Waals surface area contributed by atoms with Crippen molar-refractivity contribution in [3.05, 3.63) is 35.6 Å². The molecule has 0 radical (unpaired) electrons. The highest BCUT2D eigenvalue weighted by atomic mass is 19.1. The molecule has 15 heavy (non-hydrogen) atoms. The van der Waals surface area contributed by atoms with Crippen molar-refractivity contribution in [1.29, 1.82) is 0 Å². The van der Waals surface area contributed by atoms with Crippen LogP contribution in [0.4, 0.5) is 4.39 Å². The van der Waals surface area contributed by atoms with Gasteiger partial charge in [-0.25, -0.2) is 4.39 Å². The number of ether oxygens (including phenoxy) is 1. The fourth-order valence-electron chi connectivity index (χ4n) is 1.93. The molecule has 0 unspecified atom stereocenters. The number of rotatable bonds is 4. The first-order valence-corrected chi connectivity index (χ1v) is 5.52. The Balaban J connectivity index is 1.73. The molecule has 0 saturated carbocycles. The maximum absolute atomic E-state index is 12.9. The molecular formula is C12H17FNO+. The van der Waals surface area contributed by atoms with Gasteiger partial charge in [0, 0.05) is 12.2 Å². The standard InChI is InChI=1S/C12H16FNO/c13-11-4-1-3-10(7-11)8-14-9-12-5-2-6-15-12/h1,3-4,7,12,14H,2,5-6,8-9H2/p+1/t12-/m0/s1. The molecule has 2 nitrogen and oxygen atoms in total. The van der Waals surface area contributed by atoms with E-state index in [0.717, 1.165) is 25.3 Å². The van der Waals surface area contributed by atoms with Gasteiger partial charge in [0.05, 0.1) is 0 Å². The lowest BCUT2D eigenvalue weighted by molar-refractivity contribution is -0.676. The SMILES string of the molecule is Fc1cccc(C[NH2+]C[C@@H]2CCCO2)c1. The van der Waals surface area contributed by atoms with E-state index in [1.165, 1.54) is 18.9 Å². The summed E-state index contributed by atoms with van der Waals surface area (Å²) in [5, 5.41) is 2.19. The van der Waals surface area contributed by atoms with Gasteiger partial charge in [-0.2, -0.15) is 0 Å². The van der Waals surface area contributed by atoms with E-state index < -0.39 is 0 Å². The van der Waals surface area contributed by atoms with Gasteiger partial charge in [-0.05, 0) is 25.0 Å². The predicted molar refractivity (Wildman–Crippen MR) is 55.9 cm³/mol. The predicted octanol–water partition coefficient (Wildman–Crippen LogP) is 1.07. The number of quaternary nitrogens is 1. The van der Waals surface area contributed by atoms with Gasteiger partial charge in [0.2, 0.25) is 0 Å². The van der Waals surface area contributed by atoms with Crippen LogP contribution >= 0.6 is 0 Å². The Morgan fingerprint density at radius 2 is 2.40 bits per heavy atom. The van der Waals surface area contributed by atoms with E-state index in [1.807, 2.05) is 6.07 Å². The third kappa shape index (κ3) is 3.29. The molecule has 2 rings (SSSR count). The maximum Gasteiger partial charge on any atom is 0.123 e. The molecule has 0 aromatic heterocycles. The molecule has 1 aliphatic rings. The summed E-state index contributed by atoms with van der Waals surface area (Å²) in [4.78, 5) is 0. The number of hydrogen-bond donors (Lipinski definition) is 1. The van der Waals surface area contributed by atoms with Gasteiger partial charge in [-0.15, -0.1) is 0 Å². The molecular weight excluding hydrogens is 193 g/mol. The van der Waals surface area contributed by atoms with Crippen LogP contribution in [-0.2, 0) is 11.3 Å². The Hall–Kier alpha value is -0.930. The summed E-state index contributed by atoms with van der Waals surface area (Å²) in [5.41, 5.74) is 1.04. The van der Waals surface area contributed by atoms with Crippen molar-refractivity contribution in [3.63, 3.8) is 0 Å². The van der Waals surface area contributed by atoms with Gasteiger partial charge in [-0.3, -0.25) is 0 Å². The number of nitrogens with two attached hydrogens (primary N) is 1. The second-order valence-corrected chi connectivity index (χ2v) is 3.99. The first-order chi connectivity index (χ1) is 7.34. The fourth-order valence-corrected chi connectivity index (χ4v) is 1.93. The highest BCUT2D eigenvalue weighted by Gasteiger charge is 2.16. The van der Waals surface area contributed by atoms with Crippen LogP contribution in [0.25, 0.3) is 0 Å². The molecule has 1 saturated heterocycles. The van der Waals surface area contributed by atoms with Crippen molar-refractivity contribution in [2.45, 2.75) is 25.5 Å². The summed E-state index contributed by atoms with van der Waals surface area (Å²) in [6.07, 6.45) is 2.75. The summed E-state index contributed by atoms with van der Waals surface area (Å²) in [6, 6.07) is 6.77. The lowest BCUT2D eigenvalue weighted by atomic mass is 10.2. The fraction of sp³-hybridized carbons (Fsp3) is 0.500. The second kappa shape index (κ2) is 5.24. The van der Waals surface area contributed by atoms with E-state index in [1.54, 1.807) is 12.1 Å². The first-order valence-electron chi connectivity index (χ1n) is 5.52. The minimum absolute atomic E-state index is 0.155. The van der Waals surface area contributed by atoms with Gasteiger partial charge in [0.25, 0.3) is 0 Å². The molecule has 1 heterocycles. The van der Waals surface area contributed by atoms with Gasteiger partial charge in [0.15, 0.2) is 0 Å². The summed E-state index contributed by atoms with van der Waals surface area (Å²) < 4.78 is 18.4. The highest BCUT2D eigenvalue weighted by molar-refractivity contribution is 5.14. The molecule has 0 amide bonds. The minimum Gasteiger partial charge on any atom is -0.372 e. The molecule has 1 aromatic carbocycles. The van der Waals surface area contributed by atoms with Crippen molar-refractivity contribution in [2.75, 3.05) is 13.2 Å². The molecule has 82 valence electrons. The van der Waals surface area contributed by atoms with Crippen LogP contribution in [0, 0.1) is 5.82 Å². The molecule has 0 bridgehead atoms. The van der Waals surface area contributed by atoms with Gasteiger partial charge < -0.3 is 10.1 Å². The zero-order chi connectivity index (χ0) is 10.5. The smallest absolute Gasteiger partial charge is 0.123 e. The van der Waals surface area contributed by atoms with Crippen molar-refractivity contribution < 1.29 is 14.4 Å². The van der Waals surface area contributed by atoms with Crippen molar-refractivity contribution in [2.24, 2.45) is 0 Å². The molecule has 0 aliphatic carbocycles. The van der Waals surface area contributed by atoms with Gasteiger partial charge in [-0.1, -0.05) is 12.1 Å². The second-order valence-electron chi connectivity index (χ2n) is 3.99. The molecule has 1 atom stereocenters. The quantitative estimate of drug-likeness (QED) is 0.790. The van der Waals surface area contributed by atoms with Crippen LogP contribution < -0.4 is 5.32 Å². The third-order valence-electron chi connectivity index (χ3n) is 2.72. The number of halogens is 1. The average molecular weight is 210 g/mol. The zero-order valence-corrected chi connectivity index (χ0v) is 8.79. The third-order valence-corrected chi connectivity index (χ3v) is 2.72. The van der Waals surface area contributed by atoms with Gasteiger partial charge in [0.1, 0.15) is 25.0 Å². The lowest BCUT2D eigenvalue weighted by Gasteiger charge is -2.07. The molecule has 1 aromatic rings. The Kier molecular flexibility index (Phi) is 3.69. The molecule has 1 fully saturated rings. The molecule has 1 aliphatic heterocycles. The van der Waals surface area contributed by atoms with E-state index >= 15 is 0 Å². The van der Waals surface area contributed by atoms with Crippen molar-refractivity contribution in [3.8, 4) is 0 Å². The maximum atomic E-state index is 12.9. The largest absolute Gasteiger partial charge is 0.372 e. The van der Waals surface area contributed by atoms with Crippen LogP contribution in [0.5, 0.6) is 0 Å². The summed E-state index contributed by atoms with van der Waals surface area (Å²) in [5.74, 6) is -0.155. The summed E-state index contributed by atoms with van der Waals surface area (Å²) >= 11 is 0. The summed E-state index contributed by atoms with van der Waals surface area (Å²) in [6.45, 7) is 2.71. The van der Waals surface area contributed by atoms with E-state index in [9.17, 15) is 4.39 Å². The van der Waals surface area contributed by atoms with Crippen LogP contribution in [0.1, 0.15) is 18.4 Å². The van der Waals surface area contributed by atoms with Crippen LogP contribution in [0.2, 0.25) is 0 Å². The lowest BCUT2D eigenvalue weighted by Crippen LogP contribution is -2.84. The van der Waals surface area contributed by atoms with Gasteiger partial charge >= 0.3 is 0 Å².